The van der Waals surface area contributed by atoms with E-state index >= 15 is 0 Å². The Hall–Kier alpha value is -3.60. The molecule has 0 bridgehead atoms. The lowest BCUT2D eigenvalue weighted by molar-refractivity contribution is -0.153. The molecule has 0 saturated carbocycles. The average molecular weight is 403 g/mol. The number of amides is 1. The van der Waals surface area contributed by atoms with Crippen molar-refractivity contribution >= 4 is 17.6 Å². The number of rotatable bonds is 8. The van der Waals surface area contributed by atoms with Crippen LogP contribution in [0.1, 0.15) is 23.6 Å². The van der Waals surface area contributed by atoms with Crippen LogP contribution in [0.4, 0.5) is 5.69 Å². The molecule has 1 atom stereocenters. The van der Waals surface area contributed by atoms with Crippen LogP contribution in [-0.4, -0.2) is 24.6 Å². The predicted molar refractivity (Wildman–Crippen MR) is 117 cm³/mol. The van der Waals surface area contributed by atoms with Gasteiger partial charge < -0.3 is 14.8 Å². The molecule has 0 unspecified atom stereocenters. The van der Waals surface area contributed by atoms with Crippen molar-refractivity contribution in [3.63, 3.8) is 0 Å². The topological polar surface area (TPSA) is 64.6 Å². The van der Waals surface area contributed by atoms with Gasteiger partial charge in [0, 0.05) is 5.69 Å². The monoisotopic (exact) mass is 403 g/mol. The highest BCUT2D eigenvalue weighted by Gasteiger charge is 2.18. The van der Waals surface area contributed by atoms with E-state index in [0.717, 1.165) is 16.7 Å². The van der Waals surface area contributed by atoms with Gasteiger partial charge in [-0.15, -0.1) is 0 Å². The van der Waals surface area contributed by atoms with Crippen LogP contribution in [0.5, 0.6) is 5.75 Å². The van der Waals surface area contributed by atoms with Crippen LogP contribution in [0.25, 0.3) is 0 Å². The summed E-state index contributed by atoms with van der Waals surface area (Å²) in [6.07, 6.45) is -0.122. The number of hydrogen-bond acceptors (Lipinski definition) is 4. The minimum atomic E-state index is -0.815. The van der Waals surface area contributed by atoms with Crippen LogP contribution < -0.4 is 10.1 Å². The van der Waals surface area contributed by atoms with E-state index in [1.807, 2.05) is 79.7 Å². The SMILES string of the molecule is Cc1cccc(O[C@@H](C)C(=O)OCC(=O)Nc2ccccc2Cc2ccccc2)c1. The number of para-hydroxylation sites is 1. The standard InChI is InChI=1S/C25H25NO4/c1-18-9-8-13-22(15-18)30-19(2)25(28)29-17-24(27)26-23-14-7-6-12-21(23)16-20-10-4-3-5-11-20/h3-15,19H,16-17H2,1-2H3,(H,26,27)/t19-/m0/s1. The number of carbonyl (C=O) groups excluding carboxylic acids is 2. The molecule has 0 fully saturated rings. The van der Waals surface area contributed by atoms with Gasteiger partial charge >= 0.3 is 5.97 Å². The molecule has 3 aromatic rings. The summed E-state index contributed by atoms with van der Waals surface area (Å²) in [5.74, 6) is -0.408. The largest absolute Gasteiger partial charge is 0.479 e. The van der Waals surface area contributed by atoms with Crippen molar-refractivity contribution in [2.45, 2.75) is 26.4 Å². The second kappa shape index (κ2) is 10.3. The third-order valence-corrected chi connectivity index (χ3v) is 4.51. The predicted octanol–water partition coefficient (Wildman–Crippen LogP) is 4.54. The molecule has 3 rings (SSSR count). The average Bonchev–Trinajstić information content (AvgIpc) is 2.74. The van der Waals surface area contributed by atoms with E-state index in [-0.39, 0.29) is 6.61 Å². The Morgan fingerprint density at radius 2 is 1.67 bits per heavy atom. The normalized spacial score (nSPS) is 11.4. The maximum Gasteiger partial charge on any atom is 0.347 e. The highest BCUT2D eigenvalue weighted by atomic mass is 16.6. The summed E-state index contributed by atoms with van der Waals surface area (Å²) < 4.78 is 10.7. The second-order valence-corrected chi connectivity index (χ2v) is 7.05. The molecule has 0 spiro atoms. The van der Waals surface area contributed by atoms with Gasteiger partial charge in [0.05, 0.1) is 0 Å². The zero-order chi connectivity index (χ0) is 21.3. The molecule has 1 amide bonds. The van der Waals surface area contributed by atoms with E-state index in [2.05, 4.69) is 5.32 Å². The Labute approximate surface area is 176 Å². The molecule has 0 heterocycles. The Balaban J connectivity index is 1.52. The van der Waals surface area contributed by atoms with Gasteiger partial charge in [0.2, 0.25) is 0 Å². The van der Waals surface area contributed by atoms with Crippen molar-refractivity contribution in [2.75, 3.05) is 11.9 Å². The highest BCUT2D eigenvalue weighted by Crippen LogP contribution is 2.19. The Morgan fingerprint density at radius 1 is 0.933 bits per heavy atom. The summed E-state index contributed by atoms with van der Waals surface area (Å²) in [5, 5.41) is 2.83. The summed E-state index contributed by atoms with van der Waals surface area (Å²) in [5.41, 5.74) is 3.86. The second-order valence-electron chi connectivity index (χ2n) is 7.05. The van der Waals surface area contributed by atoms with Crippen molar-refractivity contribution in [3.8, 4) is 5.75 Å². The lowest BCUT2D eigenvalue weighted by Gasteiger charge is -2.15. The zero-order valence-corrected chi connectivity index (χ0v) is 17.1. The minimum Gasteiger partial charge on any atom is -0.479 e. The number of hydrogen-bond donors (Lipinski definition) is 1. The summed E-state index contributed by atoms with van der Waals surface area (Å²) in [6, 6.07) is 25.0. The van der Waals surface area contributed by atoms with Crippen molar-refractivity contribution in [1.82, 2.24) is 0 Å². The quantitative estimate of drug-likeness (QED) is 0.561. The molecule has 3 aromatic carbocycles. The number of nitrogens with one attached hydrogen (secondary N) is 1. The van der Waals surface area contributed by atoms with Crippen LogP contribution in [-0.2, 0) is 20.7 Å². The number of esters is 1. The maximum atomic E-state index is 12.3. The van der Waals surface area contributed by atoms with E-state index in [1.54, 1.807) is 13.0 Å². The maximum absolute atomic E-state index is 12.3. The van der Waals surface area contributed by atoms with Crippen molar-refractivity contribution in [1.29, 1.82) is 0 Å². The molecule has 0 aliphatic heterocycles. The summed E-state index contributed by atoms with van der Waals surface area (Å²) >= 11 is 0. The van der Waals surface area contributed by atoms with E-state index in [0.29, 0.717) is 17.9 Å². The molecule has 0 radical (unpaired) electrons. The van der Waals surface area contributed by atoms with Crippen molar-refractivity contribution in [2.24, 2.45) is 0 Å². The third kappa shape index (κ3) is 6.21. The fraction of sp³-hybridized carbons (Fsp3) is 0.200. The molecule has 5 nitrogen and oxygen atoms in total. The molecule has 0 aliphatic carbocycles. The summed E-state index contributed by atoms with van der Waals surface area (Å²) in [7, 11) is 0. The van der Waals surface area contributed by atoms with Crippen LogP contribution >= 0.6 is 0 Å². The van der Waals surface area contributed by atoms with Gasteiger partial charge in [0.1, 0.15) is 5.75 Å². The first-order valence-corrected chi connectivity index (χ1v) is 9.83. The number of ether oxygens (including phenoxy) is 2. The van der Waals surface area contributed by atoms with Gasteiger partial charge in [-0.3, -0.25) is 4.79 Å². The fourth-order valence-electron chi connectivity index (χ4n) is 2.99. The smallest absolute Gasteiger partial charge is 0.347 e. The van der Waals surface area contributed by atoms with Gasteiger partial charge in [-0.1, -0.05) is 60.7 Å². The number of anilines is 1. The summed E-state index contributed by atoms with van der Waals surface area (Å²) in [6.45, 7) is 3.16. The third-order valence-electron chi connectivity index (χ3n) is 4.51. The molecule has 154 valence electrons. The lowest BCUT2D eigenvalue weighted by Crippen LogP contribution is -2.29. The highest BCUT2D eigenvalue weighted by molar-refractivity contribution is 5.93. The Morgan fingerprint density at radius 3 is 2.43 bits per heavy atom. The van der Waals surface area contributed by atoms with E-state index < -0.39 is 18.0 Å². The number of carbonyl (C=O) groups is 2. The van der Waals surface area contributed by atoms with E-state index in [9.17, 15) is 9.59 Å². The van der Waals surface area contributed by atoms with Gasteiger partial charge in [-0.05, 0) is 55.2 Å². The fourth-order valence-corrected chi connectivity index (χ4v) is 2.99. The molecule has 1 N–H and O–H groups in total. The van der Waals surface area contributed by atoms with Crippen molar-refractivity contribution < 1.29 is 19.1 Å². The molecule has 5 heteroatoms. The lowest BCUT2D eigenvalue weighted by atomic mass is 10.0. The van der Waals surface area contributed by atoms with Gasteiger partial charge in [-0.25, -0.2) is 4.79 Å². The van der Waals surface area contributed by atoms with E-state index in [4.69, 9.17) is 9.47 Å². The minimum absolute atomic E-state index is 0.375. The first-order chi connectivity index (χ1) is 14.5. The molecule has 0 saturated heterocycles. The number of benzene rings is 3. The van der Waals surface area contributed by atoms with Crippen LogP contribution in [0.3, 0.4) is 0 Å². The van der Waals surface area contributed by atoms with Gasteiger partial charge in [-0.2, -0.15) is 0 Å². The van der Waals surface area contributed by atoms with Crippen LogP contribution in [0.15, 0.2) is 78.9 Å². The van der Waals surface area contributed by atoms with Gasteiger partial charge in [0.15, 0.2) is 12.7 Å². The van der Waals surface area contributed by atoms with Gasteiger partial charge in [0.25, 0.3) is 5.91 Å². The first kappa shape index (κ1) is 21.1. The summed E-state index contributed by atoms with van der Waals surface area (Å²) in [4.78, 5) is 24.5. The number of aryl methyl sites for hydroxylation is 1. The van der Waals surface area contributed by atoms with Crippen LogP contribution in [0.2, 0.25) is 0 Å². The Bertz CT molecular complexity index is 1000. The molecule has 0 aromatic heterocycles. The van der Waals surface area contributed by atoms with E-state index in [1.165, 1.54) is 0 Å². The Kier molecular flexibility index (Phi) is 7.22. The zero-order valence-electron chi connectivity index (χ0n) is 17.1. The van der Waals surface area contributed by atoms with Crippen LogP contribution in [0, 0.1) is 6.92 Å². The molecule has 30 heavy (non-hydrogen) atoms. The molecular formula is C25H25NO4. The first-order valence-electron chi connectivity index (χ1n) is 9.83. The van der Waals surface area contributed by atoms with Crippen molar-refractivity contribution in [3.05, 3.63) is 95.6 Å². The molecule has 0 aliphatic rings. The molecular weight excluding hydrogens is 378 g/mol.